The van der Waals surface area contributed by atoms with Crippen molar-refractivity contribution < 1.29 is 9.59 Å². The van der Waals surface area contributed by atoms with Crippen LogP contribution in [0.1, 0.15) is 53.4 Å². The van der Waals surface area contributed by atoms with Crippen LogP contribution in [0.5, 0.6) is 0 Å². The Labute approximate surface area is 128 Å². The Morgan fingerprint density at radius 2 is 1.95 bits per heavy atom. The molecule has 5 heteroatoms. The first-order valence-corrected chi connectivity index (χ1v) is 8.21. The van der Waals surface area contributed by atoms with E-state index in [0.717, 1.165) is 32.4 Å². The van der Waals surface area contributed by atoms with E-state index in [9.17, 15) is 9.59 Å². The molecule has 1 saturated heterocycles. The summed E-state index contributed by atoms with van der Waals surface area (Å²) in [6, 6.07) is 0.517. The van der Waals surface area contributed by atoms with Crippen molar-refractivity contribution in [3.05, 3.63) is 0 Å². The molecule has 0 aromatic heterocycles. The van der Waals surface area contributed by atoms with Crippen molar-refractivity contribution in [2.75, 3.05) is 19.6 Å². The molecule has 0 bridgehead atoms. The monoisotopic (exact) mass is 295 g/mol. The second-order valence-corrected chi connectivity index (χ2v) is 7.14. The molecule has 1 aliphatic heterocycles. The lowest BCUT2D eigenvalue weighted by molar-refractivity contribution is -0.129. The lowest BCUT2D eigenvalue weighted by atomic mass is 9.68. The molecular formula is C16H29N3O2. The van der Waals surface area contributed by atoms with Crippen LogP contribution in [-0.4, -0.2) is 53.5 Å². The summed E-state index contributed by atoms with van der Waals surface area (Å²) in [5, 5.41) is 3.11. The van der Waals surface area contributed by atoms with Crippen molar-refractivity contribution in [1.82, 2.24) is 15.1 Å². The van der Waals surface area contributed by atoms with Gasteiger partial charge in [0.1, 0.15) is 0 Å². The molecule has 1 atom stereocenters. The molecule has 0 aromatic rings. The van der Waals surface area contributed by atoms with Crippen LogP contribution in [0, 0.1) is 5.41 Å². The van der Waals surface area contributed by atoms with Crippen LogP contribution in [-0.2, 0) is 4.79 Å². The van der Waals surface area contributed by atoms with E-state index >= 15 is 0 Å². The van der Waals surface area contributed by atoms with Crippen LogP contribution in [0.4, 0.5) is 4.79 Å². The fourth-order valence-corrected chi connectivity index (χ4v) is 3.59. The predicted molar refractivity (Wildman–Crippen MR) is 83.0 cm³/mol. The van der Waals surface area contributed by atoms with Gasteiger partial charge in [0.05, 0.1) is 0 Å². The minimum Gasteiger partial charge on any atom is -0.341 e. The van der Waals surface area contributed by atoms with Crippen molar-refractivity contribution in [3.63, 3.8) is 0 Å². The molecule has 0 aromatic carbocycles. The molecule has 1 unspecified atom stereocenters. The second-order valence-electron chi connectivity index (χ2n) is 7.14. The maximum atomic E-state index is 12.4. The Morgan fingerprint density at radius 3 is 2.48 bits per heavy atom. The number of urea groups is 1. The normalized spacial score (nSPS) is 24.6. The summed E-state index contributed by atoms with van der Waals surface area (Å²) < 4.78 is 0. The molecule has 2 aliphatic rings. The molecular weight excluding hydrogens is 266 g/mol. The average molecular weight is 295 g/mol. The van der Waals surface area contributed by atoms with Crippen molar-refractivity contribution in [3.8, 4) is 0 Å². The molecule has 5 nitrogen and oxygen atoms in total. The lowest BCUT2D eigenvalue weighted by Gasteiger charge is -2.48. The number of nitrogens with zero attached hydrogens (tertiary/aromatic N) is 2. The number of hydrogen-bond acceptors (Lipinski definition) is 2. The molecule has 1 saturated carbocycles. The summed E-state index contributed by atoms with van der Waals surface area (Å²) in [6.07, 6.45) is 3.57. The standard InChI is InChI=1S/C16H29N3O2/c1-5-14(20)18-8-7-12(11-18)17-15(21)19(6-2)13-9-16(3,4)10-13/h12-13H,5-11H2,1-4H3,(H,17,21). The van der Waals surface area contributed by atoms with Gasteiger partial charge in [-0.3, -0.25) is 4.79 Å². The van der Waals surface area contributed by atoms with Crippen molar-refractivity contribution in [2.24, 2.45) is 5.41 Å². The van der Waals surface area contributed by atoms with Crippen LogP contribution < -0.4 is 5.32 Å². The molecule has 0 spiro atoms. The number of carbonyl (C=O) groups excluding carboxylic acids is 2. The van der Waals surface area contributed by atoms with Gasteiger partial charge in [-0.25, -0.2) is 4.79 Å². The van der Waals surface area contributed by atoms with E-state index in [4.69, 9.17) is 0 Å². The van der Waals surface area contributed by atoms with E-state index in [2.05, 4.69) is 19.2 Å². The summed E-state index contributed by atoms with van der Waals surface area (Å²) in [4.78, 5) is 27.9. The molecule has 2 rings (SSSR count). The first kappa shape index (κ1) is 16.1. The van der Waals surface area contributed by atoms with Crippen molar-refractivity contribution >= 4 is 11.9 Å². The van der Waals surface area contributed by atoms with Crippen LogP contribution in [0.3, 0.4) is 0 Å². The third kappa shape index (κ3) is 3.69. The first-order chi connectivity index (χ1) is 9.86. The molecule has 0 radical (unpaired) electrons. The van der Waals surface area contributed by atoms with Crippen molar-refractivity contribution in [1.29, 1.82) is 0 Å². The molecule has 1 aliphatic carbocycles. The molecule has 1 heterocycles. The van der Waals surface area contributed by atoms with E-state index in [0.29, 0.717) is 24.4 Å². The Bertz CT molecular complexity index is 400. The Kier molecular flexibility index (Phi) is 4.79. The van der Waals surface area contributed by atoms with Gasteiger partial charge in [0.15, 0.2) is 0 Å². The van der Waals surface area contributed by atoms with Gasteiger partial charge in [-0.15, -0.1) is 0 Å². The van der Waals surface area contributed by atoms with Crippen LogP contribution >= 0.6 is 0 Å². The van der Waals surface area contributed by atoms with Crippen LogP contribution in [0.15, 0.2) is 0 Å². The summed E-state index contributed by atoms with van der Waals surface area (Å²) in [5.41, 5.74) is 0.371. The number of hydrogen-bond donors (Lipinski definition) is 1. The van der Waals surface area contributed by atoms with E-state index in [1.165, 1.54) is 0 Å². The highest BCUT2D eigenvalue weighted by atomic mass is 16.2. The largest absolute Gasteiger partial charge is 0.341 e. The zero-order valence-electron chi connectivity index (χ0n) is 13.8. The summed E-state index contributed by atoms with van der Waals surface area (Å²) in [6.45, 7) is 10.6. The third-order valence-electron chi connectivity index (χ3n) is 4.79. The second kappa shape index (κ2) is 6.24. The highest BCUT2D eigenvalue weighted by Crippen LogP contribution is 2.42. The number of nitrogens with one attached hydrogen (secondary N) is 1. The molecule has 21 heavy (non-hydrogen) atoms. The molecule has 3 amide bonds. The summed E-state index contributed by atoms with van der Waals surface area (Å²) >= 11 is 0. The predicted octanol–water partition coefficient (Wildman–Crippen LogP) is 2.22. The maximum absolute atomic E-state index is 12.4. The topological polar surface area (TPSA) is 52.7 Å². The highest BCUT2D eigenvalue weighted by molar-refractivity contribution is 5.77. The van der Waals surface area contributed by atoms with Gasteiger partial charge in [-0.1, -0.05) is 20.8 Å². The van der Waals surface area contributed by atoms with E-state index < -0.39 is 0 Å². The quantitative estimate of drug-likeness (QED) is 0.864. The average Bonchev–Trinajstić information content (AvgIpc) is 2.85. The molecule has 1 N–H and O–H groups in total. The first-order valence-electron chi connectivity index (χ1n) is 8.21. The van der Waals surface area contributed by atoms with Crippen molar-refractivity contribution in [2.45, 2.75) is 65.5 Å². The lowest BCUT2D eigenvalue weighted by Crippen LogP contribution is -2.55. The number of likely N-dealkylation sites (tertiary alicyclic amines) is 1. The minimum absolute atomic E-state index is 0.0359. The van der Waals surface area contributed by atoms with Crippen LogP contribution in [0.25, 0.3) is 0 Å². The summed E-state index contributed by atoms with van der Waals surface area (Å²) in [5.74, 6) is 0.180. The van der Waals surface area contributed by atoms with E-state index in [1.807, 2.05) is 23.6 Å². The zero-order chi connectivity index (χ0) is 15.6. The Balaban J connectivity index is 1.82. The molecule has 120 valence electrons. The Hall–Kier alpha value is -1.26. The van der Waals surface area contributed by atoms with E-state index in [-0.39, 0.29) is 18.0 Å². The highest BCUT2D eigenvalue weighted by Gasteiger charge is 2.41. The fraction of sp³-hybridized carbons (Fsp3) is 0.875. The van der Waals surface area contributed by atoms with Gasteiger partial charge in [0.2, 0.25) is 5.91 Å². The number of carbonyl (C=O) groups is 2. The number of amides is 3. The third-order valence-corrected chi connectivity index (χ3v) is 4.79. The zero-order valence-corrected chi connectivity index (χ0v) is 13.8. The van der Waals surface area contributed by atoms with Gasteiger partial charge in [0.25, 0.3) is 0 Å². The van der Waals surface area contributed by atoms with Gasteiger partial charge in [0, 0.05) is 38.1 Å². The van der Waals surface area contributed by atoms with E-state index in [1.54, 1.807) is 0 Å². The van der Waals surface area contributed by atoms with Gasteiger partial charge >= 0.3 is 6.03 Å². The van der Waals surface area contributed by atoms with Gasteiger partial charge in [-0.05, 0) is 31.6 Å². The molecule has 2 fully saturated rings. The van der Waals surface area contributed by atoms with Gasteiger partial charge in [-0.2, -0.15) is 0 Å². The van der Waals surface area contributed by atoms with Gasteiger partial charge < -0.3 is 15.1 Å². The minimum atomic E-state index is 0.0359. The summed E-state index contributed by atoms with van der Waals surface area (Å²) in [7, 11) is 0. The van der Waals surface area contributed by atoms with Crippen LogP contribution in [0.2, 0.25) is 0 Å². The number of rotatable bonds is 4. The smallest absolute Gasteiger partial charge is 0.317 e. The maximum Gasteiger partial charge on any atom is 0.317 e. The SMILES string of the molecule is CCC(=O)N1CCC(NC(=O)N(CC)C2CC(C)(C)C2)C1. The fourth-order valence-electron chi connectivity index (χ4n) is 3.59. The Morgan fingerprint density at radius 1 is 1.29 bits per heavy atom.